The number of anilines is 1. The molecule has 234 valence electrons. The number of hydrogen-bond acceptors (Lipinski definition) is 5. The van der Waals surface area contributed by atoms with Gasteiger partial charge in [0, 0.05) is 24.9 Å². The van der Waals surface area contributed by atoms with Crippen LogP contribution >= 0.6 is 23.4 Å². The Bertz CT molecular complexity index is 1410. The van der Waals surface area contributed by atoms with E-state index in [-0.39, 0.29) is 42.0 Å². The molecular formula is C35H42ClN3O4S. The first-order valence-electron chi connectivity index (χ1n) is 15.3. The van der Waals surface area contributed by atoms with Crippen LogP contribution in [0.5, 0.6) is 0 Å². The van der Waals surface area contributed by atoms with Gasteiger partial charge in [-0.25, -0.2) is 0 Å². The molecule has 0 radical (unpaired) electrons. The van der Waals surface area contributed by atoms with E-state index in [9.17, 15) is 19.5 Å². The number of likely N-dealkylation sites (tertiary alicyclic amines) is 1. The van der Waals surface area contributed by atoms with Gasteiger partial charge in [-0.1, -0.05) is 80.1 Å². The largest absolute Gasteiger partial charge is 0.394 e. The van der Waals surface area contributed by atoms with Crippen molar-refractivity contribution in [3.05, 3.63) is 90.0 Å². The Morgan fingerprint density at radius 1 is 1.11 bits per heavy atom. The molecule has 3 aliphatic rings. The minimum Gasteiger partial charge on any atom is -0.394 e. The van der Waals surface area contributed by atoms with E-state index in [1.54, 1.807) is 44.7 Å². The molecule has 3 aliphatic heterocycles. The van der Waals surface area contributed by atoms with Gasteiger partial charge in [0.25, 0.3) is 5.91 Å². The molecule has 6 atom stereocenters. The number of carbonyl (C=O) groups excluding carboxylic acids is 3. The highest BCUT2D eigenvalue weighted by Gasteiger charge is 2.74. The number of thioether (sulfide) groups is 1. The van der Waals surface area contributed by atoms with Crippen LogP contribution in [-0.4, -0.2) is 74.4 Å². The van der Waals surface area contributed by atoms with Crippen molar-refractivity contribution in [3.8, 4) is 0 Å². The van der Waals surface area contributed by atoms with E-state index in [1.165, 1.54) is 0 Å². The van der Waals surface area contributed by atoms with Gasteiger partial charge >= 0.3 is 0 Å². The van der Waals surface area contributed by atoms with Gasteiger partial charge in [-0.2, -0.15) is 0 Å². The number of para-hydroxylation sites is 1. The molecule has 5 rings (SSSR count). The van der Waals surface area contributed by atoms with Crippen molar-refractivity contribution in [2.75, 3.05) is 24.6 Å². The Morgan fingerprint density at radius 2 is 1.82 bits per heavy atom. The lowest BCUT2D eigenvalue weighted by atomic mass is 9.70. The molecule has 2 aromatic rings. The van der Waals surface area contributed by atoms with E-state index in [1.807, 2.05) is 63.2 Å². The van der Waals surface area contributed by atoms with Crippen LogP contribution in [0.4, 0.5) is 5.69 Å². The Labute approximate surface area is 269 Å². The van der Waals surface area contributed by atoms with Crippen molar-refractivity contribution in [1.82, 2.24) is 9.80 Å². The van der Waals surface area contributed by atoms with E-state index in [0.29, 0.717) is 30.2 Å². The van der Waals surface area contributed by atoms with Crippen LogP contribution in [0.3, 0.4) is 0 Å². The van der Waals surface area contributed by atoms with Crippen molar-refractivity contribution in [3.63, 3.8) is 0 Å². The first-order valence-corrected chi connectivity index (χ1v) is 16.6. The quantitative estimate of drug-likeness (QED) is 0.312. The molecule has 3 heterocycles. The third kappa shape index (κ3) is 5.39. The second-order valence-electron chi connectivity index (χ2n) is 12.4. The summed E-state index contributed by atoms with van der Waals surface area (Å²) >= 11 is 8.31. The van der Waals surface area contributed by atoms with Crippen molar-refractivity contribution < 1.29 is 19.5 Å². The van der Waals surface area contributed by atoms with Gasteiger partial charge in [0.15, 0.2) is 0 Å². The summed E-state index contributed by atoms with van der Waals surface area (Å²) in [7, 11) is 0. The summed E-state index contributed by atoms with van der Waals surface area (Å²) in [4.78, 5) is 49.1. The van der Waals surface area contributed by atoms with Gasteiger partial charge in [0.1, 0.15) is 6.04 Å². The minimum absolute atomic E-state index is 0.0847. The van der Waals surface area contributed by atoms with Crippen LogP contribution in [0.1, 0.15) is 37.8 Å². The van der Waals surface area contributed by atoms with Crippen molar-refractivity contribution in [1.29, 1.82) is 0 Å². The maximum atomic E-state index is 14.9. The van der Waals surface area contributed by atoms with Gasteiger partial charge < -0.3 is 19.8 Å². The zero-order chi connectivity index (χ0) is 31.8. The number of benzene rings is 2. The lowest BCUT2D eigenvalue weighted by molar-refractivity contribution is -0.146. The number of halogens is 1. The molecule has 2 unspecified atom stereocenters. The third-order valence-electron chi connectivity index (χ3n) is 9.48. The topological polar surface area (TPSA) is 81.2 Å². The predicted molar refractivity (Wildman–Crippen MR) is 177 cm³/mol. The standard InChI is InChI=1S/C35H42ClN3O4S/c1-6-18-37(20-24-13-9-8-10-14-24)32(41)28-27-16-17-35(44-27)29(28)33(42)39(26(21-40)22(3)4)31(35)34(43)38(19-7-2)30-23(5)12-11-15-25(30)36/h6-15,22,26-29,31,40H,1-2,16-21H2,3-5H3/t26-,27+,28-,29-,31?,35?/m0/s1. The lowest BCUT2D eigenvalue weighted by Crippen LogP contribution is -2.58. The van der Waals surface area contributed by atoms with Gasteiger partial charge in [-0.3, -0.25) is 14.4 Å². The van der Waals surface area contributed by atoms with Crippen molar-refractivity contribution >= 4 is 46.8 Å². The second-order valence-corrected chi connectivity index (χ2v) is 14.4. The molecule has 0 aromatic heterocycles. The number of fused-ring (bicyclic) bond motifs is 1. The number of aliphatic hydroxyl groups excluding tert-OH is 1. The zero-order valence-corrected chi connectivity index (χ0v) is 27.3. The number of carbonyl (C=O) groups is 3. The van der Waals surface area contributed by atoms with E-state index < -0.39 is 28.7 Å². The van der Waals surface area contributed by atoms with Gasteiger partial charge in [0.2, 0.25) is 11.8 Å². The first kappa shape index (κ1) is 32.3. The predicted octanol–water partition coefficient (Wildman–Crippen LogP) is 5.49. The van der Waals surface area contributed by atoms with Gasteiger partial charge in [-0.05, 0) is 42.9 Å². The van der Waals surface area contributed by atoms with Crippen LogP contribution in [0.25, 0.3) is 0 Å². The molecule has 0 aliphatic carbocycles. The summed E-state index contributed by atoms with van der Waals surface area (Å²) in [5.41, 5.74) is 2.41. The summed E-state index contributed by atoms with van der Waals surface area (Å²) in [6.45, 7) is 14.3. The third-order valence-corrected chi connectivity index (χ3v) is 11.7. The van der Waals surface area contributed by atoms with Crippen LogP contribution in [0.15, 0.2) is 73.8 Å². The monoisotopic (exact) mass is 635 g/mol. The van der Waals surface area contributed by atoms with Gasteiger partial charge in [0.05, 0.1) is 39.9 Å². The highest BCUT2D eigenvalue weighted by atomic mass is 35.5. The maximum absolute atomic E-state index is 14.9. The summed E-state index contributed by atoms with van der Waals surface area (Å²) in [6, 6.07) is 13.8. The Kier molecular flexibility index (Phi) is 9.64. The highest BCUT2D eigenvalue weighted by molar-refractivity contribution is 8.02. The molecule has 1 N–H and O–H groups in total. The fraction of sp³-hybridized carbons (Fsp3) is 0.457. The Balaban J connectivity index is 1.59. The fourth-order valence-corrected chi connectivity index (χ4v) is 10.1. The number of amides is 3. The summed E-state index contributed by atoms with van der Waals surface area (Å²) < 4.78 is -0.803. The highest BCUT2D eigenvalue weighted by Crippen LogP contribution is 2.67. The number of aliphatic hydroxyl groups is 1. The Morgan fingerprint density at radius 3 is 2.43 bits per heavy atom. The smallest absolute Gasteiger partial charge is 0.251 e. The number of hydrogen-bond donors (Lipinski definition) is 1. The number of rotatable bonds is 12. The molecular weight excluding hydrogens is 594 g/mol. The summed E-state index contributed by atoms with van der Waals surface area (Å²) in [6.07, 6.45) is 4.74. The summed E-state index contributed by atoms with van der Waals surface area (Å²) in [5, 5.41) is 11.0. The molecule has 9 heteroatoms. The molecule has 1 spiro atoms. The van der Waals surface area contributed by atoms with Crippen LogP contribution in [-0.2, 0) is 20.9 Å². The van der Waals surface area contributed by atoms with Crippen LogP contribution in [0.2, 0.25) is 5.02 Å². The second kappa shape index (κ2) is 13.1. The molecule has 3 saturated heterocycles. The molecule has 3 amide bonds. The molecule has 44 heavy (non-hydrogen) atoms. The molecule has 0 saturated carbocycles. The average Bonchev–Trinajstić information content (AvgIpc) is 3.64. The summed E-state index contributed by atoms with van der Waals surface area (Å²) in [5.74, 6) is -1.94. The first-order chi connectivity index (χ1) is 21.1. The van der Waals surface area contributed by atoms with E-state index in [0.717, 1.165) is 17.5 Å². The lowest BCUT2D eigenvalue weighted by Gasteiger charge is -2.41. The maximum Gasteiger partial charge on any atom is 0.251 e. The normalized spacial score (nSPS) is 26.0. The molecule has 3 fully saturated rings. The van der Waals surface area contributed by atoms with E-state index in [4.69, 9.17) is 11.6 Å². The van der Waals surface area contributed by atoms with E-state index >= 15 is 0 Å². The zero-order valence-electron chi connectivity index (χ0n) is 25.7. The van der Waals surface area contributed by atoms with Crippen LogP contribution < -0.4 is 4.90 Å². The average molecular weight is 636 g/mol. The van der Waals surface area contributed by atoms with E-state index in [2.05, 4.69) is 13.2 Å². The minimum atomic E-state index is -0.870. The van der Waals surface area contributed by atoms with Crippen molar-refractivity contribution in [2.24, 2.45) is 17.8 Å². The molecule has 2 bridgehead atoms. The SMILES string of the molecule is C=CCN(Cc1ccccc1)C(=O)[C@@H]1[C@H]2C(=O)N([C@@H](CO)C(C)C)C(C(=O)N(CC=C)c3c(C)cccc3Cl)C23CC[C@H]1S3. The molecule has 2 aromatic carbocycles. The molecule has 7 nitrogen and oxygen atoms in total. The number of nitrogens with zero attached hydrogens (tertiary/aromatic N) is 3. The van der Waals surface area contributed by atoms with Gasteiger partial charge in [-0.15, -0.1) is 24.9 Å². The number of aryl methyl sites for hydroxylation is 1. The Hall–Kier alpha value is -3.07. The fourth-order valence-electron chi connectivity index (χ4n) is 7.57. The van der Waals surface area contributed by atoms with Crippen molar-refractivity contribution in [2.45, 2.75) is 62.2 Å². The van der Waals surface area contributed by atoms with Crippen LogP contribution in [0, 0.1) is 24.7 Å².